The van der Waals surface area contributed by atoms with Crippen molar-refractivity contribution in [3.63, 3.8) is 0 Å². The van der Waals surface area contributed by atoms with E-state index in [1.165, 1.54) is 32.4 Å². The Hall–Kier alpha value is -3.03. The van der Waals surface area contributed by atoms with Gasteiger partial charge in [-0.2, -0.15) is 13.2 Å². The molecule has 0 fully saturated rings. The molecule has 0 bridgehead atoms. The normalized spacial score (nSPS) is 11.8. The summed E-state index contributed by atoms with van der Waals surface area (Å²) in [7, 11) is 2.73. The Morgan fingerprint density at radius 3 is 2.42 bits per heavy atom. The van der Waals surface area contributed by atoms with E-state index in [-0.39, 0.29) is 18.1 Å². The second kappa shape index (κ2) is 8.37. The summed E-state index contributed by atoms with van der Waals surface area (Å²) in [4.78, 5) is 16.7. The first-order valence-corrected chi connectivity index (χ1v) is 7.59. The maximum Gasteiger partial charge on any atom is 0.419 e. The molecule has 8 heteroatoms. The van der Waals surface area contributed by atoms with E-state index in [9.17, 15) is 18.0 Å². The van der Waals surface area contributed by atoms with Crippen LogP contribution in [-0.4, -0.2) is 25.8 Å². The lowest BCUT2D eigenvalue weighted by Gasteiger charge is -2.15. The minimum Gasteiger partial charge on any atom is -0.488 e. The number of halogens is 3. The molecule has 0 saturated carbocycles. The topological polar surface area (TPSA) is 59.9 Å². The molecule has 5 nitrogen and oxygen atoms in total. The minimum absolute atomic E-state index is 0.00157. The lowest BCUT2D eigenvalue weighted by molar-refractivity contribution is -0.139. The summed E-state index contributed by atoms with van der Waals surface area (Å²) < 4.78 is 44.6. The molecule has 0 aliphatic heterocycles. The van der Waals surface area contributed by atoms with Crippen LogP contribution in [0.3, 0.4) is 0 Å². The number of ether oxygens (including phenoxy) is 1. The number of hydrogen-bond donors (Lipinski definition) is 1. The van der Waals surface area contributed by atoms with Gasteiger partial charge in [0, 0.05) is 12.6 Å². The quantitative estimate of drug-likeness (QED) is 0.630. The largest absolute Gasteiger partial charge is 0.488 e. The van der Waals surface area contributed by atoms with E-state index in [0.717, 1.165) is 6.07 Å². The van der Waals surface area contributed by atoms with Crippen molar-refractivity contribution in [1.82, 2.24) is 5.32 Å². The number of amides is 1. The van der Waals surface area contributed by atoms with Gasteiger partial charge in [-0.3, -0.25) is 4.79 Å². The maximum atomic E-state index is 13.1. The van der Waals surface area contributed by atoms with Crippen molar-refractivity contribution < 1.29 is 27.5 Å². The molecule has 0 aliphatic carbocycles. The Labute approximate surface area is 148 Å². The zero-order valence-corrected chi connectivity index (χ0v) is 14.1. The zero-order chi connectivity index (χ0) is 19.2. The van der Waals surface area contributed by atoms with Gasteiger partial charge in [-0.15, -0.1) is 0 Å². The van der Waals surface area contributed by atoms with Crippen LogP contribution in [0.2, 0.25) is 0 Å². The Balaban J connectivity index is 2.33. The van der Waals surface area contributed by atoms with E-state index in [1.807, 2.05) is 0 Å². The van der Waals surface area contributed by atoms with Gasteiger partial charge in [0.05, 0.1) is 5.56 Å². The molecule has 1 amide bonds. The van der Waals surface area contributed by atoms with Crippen molar-refractivity contribution in [3.8, 4) is 5.75 Å². The number of carbonyl (C=O) groups excluding carboxylic acids is 1. The van der Waals surface area contributed by atoms with Gasteiger partial charge in [0.25, 0.3) is 5.91 Å². The monoisotopic (exact) mass is 366 g/mol. The number of carbonyl (C=O) groups is 1. The maximum absolute atomic E-state index is 13.1. The third kappa shape index (κ3) is 4.53. The highest BCUT2D eigenvalue weighted by Crippen LogP contribution is 2.36. The Kier molecular flexibility index (Phi) is 6.21. The highest BCUT2D eigenvalue weighted by atomic mass is 19.4. The Morgan fingerprint density at radius 1 is 1.12 bits per heavy atom. The molecule has 1 N–H and O–H groups in total. The smallest absolute Gasteiger partial charge is 0.419 e. The second-order valence-corrected chi connectivity index (χ2v) is 5.14. The van der Waals surface area contributed by atoms with Gasteiger partial charge >= 0.3 is 6.18 Å². The van der Waals surface area contributed by atoms with Crippen molar-refractivity contribution in [3.05, 3.63) is 65.2 Å². The fraction of sp³-hybridized carbons (Fsp3) is 0.222. The summed E-state index contributed by atoms with van der Waals surface area (Å²) in [5.74, 6) is -0.782. The van der Waals surface area contributed by atoms with Crippen LogP contribution in [0.4, 0.5) is 13.2 Å². The van der Waals surface area contributed by atoms with Crippen LogP contribution in [0.1, 0.15) is 16.7 Å². The molecule has 0 saturated heterocycles. The van der Waals surface area contributed by atoms with E-state index in [0.29, 0.717) is 11.1 Å². The van der Waals surface area contributed by atoms with Gasteiger partial charge in [0.2, 0.25) is 0 Å². The van der Waals surface area contributed by atoms with E-state index in [2.05, 4.69) is 10.5 Å². The molecule has 2 aromatic rings. The predicted octanol–water partition coefficient (Wildman–Crippen LogP) is 3.38. The molecular weight excluding hydrogens is 349 g/mol. The molecule has 26 heavy (non-hydrogen) atoms. The second-order valence-electron chi connectivity index (χ2n) is 5.14. The standard InChI is InChI=1S/C18H17F3N2O3/c1-22-17(24)16(23-25-2)13-8-4-3-7-12(13)11-26-15-10-6-5-9-14(15)18(19,20)21/h3-10H,11H2,1-2H3,(H,22,24)/b23-16+. The number of para-hydroxylation sites is 1. The molecule has 0 radical (unpaired) electrons. The van der Waals surface area contributed by atoms with E-state index in [1.54, 1.807) is 24.3 Å². The van der Waals surface area contributed by atoms with E-state index >= 15 is 0 Å². The molecule has 0 aromatic heterocycles. The first kappa shape index (κ1) is 19.3. The third-order valence-electron chi connectivity index (χ3n) is 3.47. The van der Waals surface area contributed by atoms with Gasteiger partial charge in [-0.05, 0) is 17.7 Å². The molecular formula is C18H17F3N2O3. The fourth-order valence-electron chi connectivity index (χ4n) is 2.28. The zero-order valence-electron chi connectivity index (χ0n) is 14.1. The number of nitrogens with one attached hydrogen (secondary N) is 1. The van der Waals surface area contributed by atoms with Gasteiger partial charge in [0.15, 0.2) is 5.71 Å². The number of oxime groups is 1. The molecule has 0 atom stereocenters. The minimum atomic E-state index is -4.53. The number of benzene rings is 2. The number of likely N-dealkylation sites (N-methyl/N-ethyl adjacent to an activating group) is 1. The highest BCUT2D eigenvalue weighted by molar-refractivity contribution is 6.45. The van der Waals surface area contributed by atoms with E-state index in [4.69, 9.17) is 9.57 Å². The van der Waals surface area contributed by atoms with Crippen LogP contribution in [0.25, 0.3) is 0 Å². The highest BCUT2D eigenvalue weighted by Gasteiger charge is 2.34. The molecule has 0 aliphatic rings. The summed E-state index contributed by atoms with van der Waals surface area (Å²) in [6.45, 7) is -0.178. The summed E-state index contributed by atoms with van der Waals surface area (Å²) >= 11 is 0. The lowest BCUT2D eigenvalue weighted by atomic mass is 10.0. The first-order chi connectivity index (χ1) is 12.4. The van der Waals surface area contributed by atoms with Gasteiger partial charge in [-0.25, -0.2) is 0 Å². The van der Waals surface area contributed by atoms with Crippen molar-refractivity contribution in [2.45, 2.75) is 12.8 Å². The number of rotatable bonds is 6. The molecule has 0 heterocycles. The van der Waals surface area contributed by atoms with Crippen LogP contribution in [0.5, 0.6) is 5.75 Å². The summed E-state index contributed by atoms with van der Waals surface area (Å²) in [5, 5.41) is 6.15. The third-order valence-corrected chi connectivity index (χ3v) is 3.47. The molecule has 0 unspecified atom stereocenters. The van der Waals surface area contributed by atoms with Gasteiger partial charge < -0.3 is 14.9 Å². The summed E-state index contributed by atoms with van der Waals surface area (Å²) in [6, 6.07) is 11.6. The first-order valence-electron chi connectivity index (χ1n) is 7.59. The van der Waals surface area contributed by atoms with Gasteiger partial charge in [-0.1, -0.05) is 41.6 Å². The number of nitrogens with zero attached hydrogens (tertiary/aromatic N) is 1. The van der Waals surface area contributed by atoms with Crippen LogP contribution in [0.15, 0.2) is 53.7 Å². The number of alkyl halides is 3. The number of hydrogen-bond acceptors (Lipinski definition) is 4. The lowest BCUT2D eigenvalue weighted by Crippen LogP contribution is -2.29. The summed E-state index contributed by atoms with van der Waals surface area (Å²) in [6.07, 6.45) is -4.53. The van der Waals surface area contributed by atoms with Crippen molar-refractivity contribution in [2.24, 2.45) is 5.16 Å². The van der Waals surface area contributed by atoms with Gasteiger partial charge in [0.1, 0.15) is 19.5 Å². The van der Waals surface area contributed by atoms with Crippen LogP contribution in [0, 0.1) is 0 Å². The SMILES string of the molecule is CNC(=O)/C(=N/OC)c1ccccc1COc1ccccc1C(F)(F)F. The average molecular weight is 366 g/mol. The van der Waals surface area contributed by atoms with Crippen molar-refractivity contribution in [1.29, 1.82) is 0 Å². The predicted molar refractivity (Wildman–Crippen MR) is 89.8 cm³/mol. The molecule has 0 spiro atoms. The van der Waals surface area contributed by atoms with Crippen LogP contribution in [-0.2, 0) is 22.4 Å². The van der Waals surface area contributed by atoms with Crippen LogP contribution >= 0.6 is 0 Å². The van der Waals surface area contributed by atoms with Crippen molar-refractivity contribution >= 4 is 11.6 Å². The summed E-state index contributed by atoms with van der Waals surface area (Å²) in [5.41, 5.74) is 0.0231. The van der Waals surface area contributed by atoms with Crippen LogP contribution < -0.4 is 10.1 Å². The molecule has 2 rings (SSSR count). The molecule has 2 aromatic carbocycles. The van der Waals surface area contributed by atoms with Crippen molar-refractivity contribution in [2.75, 3.05) is 14.2 Å². The fourth-order valence-corrected chi connectivity index (χ4v) is 2.28. The van der Waals surface area contributed by atoms with E-state index < -0.39 is 17.6 Å². The Morgan fingerprint density at radius 2 is 1.77 bits per heavy atom. The Bertz CT molecular complexity index is 804. The average Bonchev–Trinajstić information content (AvgIpc) is 2.63. The molecule has 138 valence electrons.